The molecule has 2 N–H and O–H groups in total. The maximum atomic E-state index is 11.1. The van der Waals surface area contributed by atoms with Crippen molar-refractivity contribution in [3.8, 4) is 0 Å². The number of carbonyl (C=O) groups is 1. The fourth-order valence-corrected chi connectivity index (χ4v) is 3.05. The van der Waals surface area contributed by atoms with Crippen molar-refractivity contribution in [3.63, 3.8) is 0 Å². The molecule has 0 radical (unpaired) electrons. The molecule has 0 spiro atoms. The lowest BCUT2D eigenvalue weighted by molar-refractivity contribution is 0.1000. The van der Waals surface area contributed by atoms with Crippen molar-refractivity contribution < 1.29 is 4.79 Å². The van der Waals surface area contributed by atoms with Gasteiger partial charge in [0.05, 0.1) is 10.6 Å². The first-order valence-corrected chi connectivity index (χ1v) is 7.20. The Morgan fingerprint density at radius 1 is 1.65 bits per heavy atom. The molecule has 1 aliphatic rings. The van der Waals surface area contributed by atoms with E-state index in [1.807, 2.05) is 7.05 Å². The molecule has 0 saturated carbocycles. The number of rotatable bonds is 4. The second kappa shape index (κ2) is 6.41. The summed E-state index contributed by atoms with van der Waals surface area (Å²) in [5.41, 5.74) is 5.55. The summed E-state index contributed by atoms with van der Waals surface area (Å²) >= 11 is 6.19. The van der Waals surface area contributed by atoms with Gasteiger partial charge in [-0.2, -0.15) is 0 Å². The zero-order chi connectivity index (χ0) is 14.7. The summed E-state index contributed by atoms with van der Waals surface area (Å²) in [6.07, 6.45) is 3.94. The molecular formula is C14H21ClN4O. The van der Waals surface area contributed by atoms with E-state index in [0.717, 1.165) is 13.1 Å². The van der Waals surface area contributed by atoms with E-state index in [4.69, 9.17) is 17.3 Å². The van der Waals surface area contributed by atoms with Crippen LogP contribution in [0.15, 0.2) is 12.3 Å². The van der Waals surface area contributed by atoms with Crippen LogP contribution in [0.25, 0.3) is 0 Å². The maximum Gasteiger partial charge on any atom is 0.250 e. The number of hydrogen-bond acceptors (Lipinski definition) is 4. The highest BCUT2D eigenvalue weighted by molar-refractivity contribution is 6.33. The molecule has 1 atom stereocenters. The number of hydrogen-bond donors (Lipinski definition) is 1. The maximum absolute atomic E-state index is 11.1. The lowest BCUT2D eigenvalue weighted by Crippen LogP contribution is -2.38. The summed E-state index contributed by atoms with van der Waals surface area (Å²) in [4.78, 5) is 19.8. The van der Waals surface area contributed by atoms with E-state index in [-0.39, 0.29) is 0 Å². The summed E-state index contributed by atoms with van der Waals surface area (Å²) < 4.78 is 0. The van der Waals surface area contributed by atoms with Gasteiger partial charge >= 0.3 is 0 Å². The average molecular weight is 297 g/mol. The minimum atomic E-state index is -0.512. The number of nitrogens with two attached hydrogens (primary N) is 1. The molecule has 1 aromatic rings. The Labute approximate surface area is 124 Å². The third kappa shape index (κ3) is 3.61. The quantitative estimate of drug-likeness (QED) is 0.917. The van der Waals surface area contributed by atoms with Gasteiger partial charge in [0, 0.05) is 26.3 Å². The Hall–Kier alpha value is -1.33. The van der Waals surface area contributed by atoms with Crippen molar-refractivity contribution in [2.24, 2.45) is 11.7 Å². The number of pyridine rings is 1. The number of piperidine rings is 1. The third-order valence-electron chi connectivity index (χ3n) is 3.72. The second-order valence-electron chi connectivity index (χ2n) is 5.54. The van der Waals surface area contributed by atoms with E-state index in [1.165, 1.54) is 25.6 Å². The van der Waals surface area contributed by atoms with Crippen molar-refractivity contribution in [1.29, 1.82) is 0 Å². The van der Waals surface area contributed by atoms with Crippen LogP contribution in [0.4, 0.5) is 5.82 Å². The second-order valence-corrected chi connectivity index (χ2v) is 5.95. The van der Waals surface area contributed by atoms with E-state index < -0.39 is 5.91 Å². The third-order valence-corrected chi connectivity index (χ3v) is 4.00. The van der Waals surface area contributed by atoms with Gasteiger partial charge in [0.15, 0.2) is 0 Å². The molecule has 2 rings (SSSR count). The molecule has 1 aliphatic heterocycles. The monoisotopic (exact) mass is 296 g/mol. The lowest BCUT2D eigenvalue weighted by atomic mass is 9.98. The van der Waals surface area contributed by atoms with Crippen molar-refractivity contribution in [3.05, 3.63) is 22.8 Å². The topological polar surface area (TPSA) is 62.5 Å². The highest BCUT2D eigenvalue weighted by Gasteiger charge is 2.20. The van der Waals surface area contributed by atoms with E-state index in [0.29, 0.717) is 22.3 Å². The van der Waals surface area contributed by atoms with Crippen LogP contribution >= 0.6 is 11.6 Å². The Bertz CT molecular complexity index is 494. The first-order valence-electron chi connectivity index (χ1n) is 6.82. The van der Waals surface area contributed by atoms with E-state index in [2.05, 4.69) is 21.8 Å². The molecule has 5 nitrogen and oxygen atoms in total. The smallest absolute Gasteiger partial charge is 0.250 e. The highest BCUT2D eigenvalue weighted by Crippen LogP contribution is 2.25. The molecular weight excluding hydrogens is 276 g/mol. The van der Waals surface area contributed by atoms with E-state index in [1.54, 1.807) is 6.07 Å². The van der Waals surface area contributed by atoms with Crippen LogP contribution in [-0.2, 0) is 0 Å². The van der Waals surface area contributed by atoms with Gasteiger partial charge in [-0.3, -0.25) is 4.79 Å². The van der Waals surface area contributed by atoms with Crippen LogP contribution in [0.3, 0.4) is 0 Å². The van der Waals surface area contributed by atoms with Crippen molar-refractivity contribution in [2.45, 2.75) is 12.8 Å². The number of primary amides is 1. The molecule has 2 heterocycles. The van der Waals surface area contributed by atoms with Gasteiger partial charge in [-0.05, 0) is 38.4 Å². The normalized spacial score (nSPS) is 19.9. The Morgan fingerprint density at radius 2 is 2.40 bits per heavy atom. The highest BCUT2D eigenvalue weighted by atomic mass is 35.5. The molecule has 1 unspecified atom stereocenters. The fourth-order valence-electron chi connectivity index (χ4n) is 2.74. The first-order chi connectivity index (χ1) is 9.47. The zero-order valence-electron chi connectivity index (χ0n) is 12.0. The lowest BCUT2D eigenvalue weighted by Gasteiger charge is -2.33. The van der Waals surface area contributed by atoms with Crippen LogP contribution in [0, 0.1) is 5.92 Å². The van der Waals surface area contributed by atoms with E-state index >= 15 is 0 Å². The summed E-state index contributed by atoms with van der Waals surface area (Å²) in [6, 6.07) is 1.58. The molecule has 0 aromatic carbocycles. The predicted octanol–water partition coefficient (Wildman–Crippen LogP) is 1.61. The number of likely N-dealkylation sites (tertiary alicyclic amines) is 1. The van der Waals surface area contributed by atoms with Crippen LogP contribution in [0.2, 0.25) is 5.02 Å². The zero-order valence-corrected chi connectivity index (χ0v) is 12.7. The minimum Gasteiger partial charge on any atom is -0.366 e. The van der Waals surface area contributed by atoms with Crippen LogP contribution < -0.4 is 10.6 Å². The van der Waals surface area contributed by atoms with Crippen LogP contribution in [0.5, 0.6) is 0 Å². The molecule has 0 bridgehead atoms. The van der Waals surface area contributed by atoms with Crippen molar-refractivity contribution in [2.75, 3.05) is 38.6 Å². The summed E-state index contributed by atoms with van der Waals surface area (Å²) in [5, 5.41) is 0.466. The predicted molar refractivity (Wildman–Crippen MR) is 81.3 cm³/mol. The van der Waals surface area contributed by atoms with Gasteiger partial charge in [0.25, 0.3) is 0 Å². The molecule has 1 amide bonds. The fraction of sp³-hybridized carbons (Fsp3) is 0.571. The first kappa shape index (κ1) is 15.1. The minimum absolute atomic E-state index is 0.338. The van der Waals surface area contributed by atoms with Crippen LogP contribution in [0.1, 0.15) is 23.2 Å². The van der Waals surface area contributed by atoms with Gasteiger partial charge in [0.1, 0.15) is 5.82 Å². The number of aromatic nitrogens is 1. The van der Waals surface area contributed by atoms with Crippen molar-refractivity contribution >= 4 is 23.3 Å². The molecule has 110 valence electrons. The van der Waals surface area contributed by atoms with Gasteiger partial charge < -0.3 is 15.5 Å². The number of amides is 1. The number of nitrogens with zero attached hydrogens (tertiary/aromatic N) is 3. The standard InChI is InChI=1S/C14H21ClN4O/c1-18-5-3-4-10(8-18)9-19(2)14-12(15)6-11(7-17-14)13(16)20/h6-7,10H,3-5,8-9H2,1-2H3,(H2,16,20). The largest absolute Gasteiger partial charge is 0.366 e. The molecule has 1 aromatic heterocycles. The Morgan fingerprint density at radius 3 is 3.00 bits per heavy atom. The SMILES string of the molecule is CN1CCCC(CN(C)c2ncc(C(N)=O)cc2Cl)C1. The van der Waals surface area contributed by atoms with Gasteiger partial charge in [0.2, 0.25) is 5.91 Å². The number of halogens is 1. The molecule has 0 aliphatic carbocycles. The van der Waals surface area contributed by atoms with Gasteiger partial charge in [-0.25, -0.2) is 4.98 Å². The molecule has 20 heavy (non-hydrogen) atoms. The summed E-state index contributed by atoms with van der Waals surface area (Å²) in [6.45, 7) is 3.18. The summed E-state index contributed by atoms with van der Waals surface area (Å²) in [5.74, 6) is 0.805. The molecule has 1 saturated heterocycles. The van der Waals surface area contributed by atoms with Gasteiger partial charge in [-0.1, -0.05) is 11.6 Å². The summed E-state index contributed by atoms with van der Waals surface area (Å²) in [7, 11) is 4.13. The number of anilines is 1. The Kier molecular flexibility index (Phi) is 4.83. The Balaban J connectivity index is 2.05. The van der Waals surface area contributed by atoms with Crippen LogP contribution in [-0.4, -0.2) is 49.5 Å². The van der Waals surface area contributed by atoms with Crippen molar-refractivity contribution in [1.82, 2.24) is 9.88 Å². The molecule has 1 fully saturated rings. The van der Waals surface area contributed by atoms with Gasteiger partial charge in [-0.15, -0.1) is 0 Å². The van der Waals surface area contributed by atoms with E-state index in [9.17, 15) is 4.79 Å². The number of carbonyl (C=O) groups excluding carboxylic acids is 1. The average Bonchev–Trinajstić information content (AvgIpc) is 2.38. The molecule has 6 heteroatoms.